The van der Waals surface area contributed by atoms with Gasteiger partial charge in [0.25, 0.3) is 0 Å². The average Bonchev–Trinajstić information content (AvgIpc) is 2.83. The number of aliphatic hydroxyl groups is 2. The van der Waals surface area contributed by atoms with Crippen LogP contribution in [0.5, 0.6) is 0 Å². The molecule has 130 valence electrons. The zero-order chi connectivity index (χ0) is 17.7. The molecule has 0 aromatic carbocycles. The van der Waals surface area contributed by atoms with Crippen LogP contribution in [0.4, 0.5) is 5.82 Å². The van der Waals surface area contributed by atoms with Gasteiger partial charge in [-0.3, -0.25) is 9.36 Å². The summed E-state index contributed by atoms with van der Waals surface area (Å²) in [7, 11) is 0. The van der Waals surface area contributed by atoms with Crippen LogP contribution in [-0.4, -0.2) is 57.2 Å². The normalized spacial score (nSPS) is 26.1. The molecular weight excluding hydrogens is 320 g/mol. The van der Waals surface area contributed by atoms with Gasteiger partial charge in [0.1, 0.15) is 24.1 Å². The molecule has 1 aliphatic heterocycles. The van der Waals surface area contributed by atoms with E-state index in [2.05, 4.69) is 10.3 Å². The summed E-state index contributed by atoms with van der Waals surface area (Å²) >= 11 is 0. The van der Waals surface area contributed by atoms with Gasteiger partial charge < -0.3 is 25.0 Å². The fourth-order valence-corrected chi connectivity index (χ4v) is 2.37. The molecule has 1 aromatic heterocycles. The molecule has 0 spiro atoms. The molecule has 1 saturated heterocycles. The van der Waals surface area contributed by atoms with Gasteiger partial charge in [0.15, 0.2) is 6.23 Å². The molecule has 10 heteroatoms. The number of amides is 1. The molecule has 4 atom stereocenters. The smallest absolute Gasteiger partial charge is 0.351 e. The summed E-state index contributed by atoms with van der Waals surface area (Å²) in [6.45, 7) is 0.874. The second kappa shape index (κ2) is 7.98. The maximum Gasteiger partial charge on any atom is 0.351 e. The lowest BCUT2D eigenvalue weighted by Gasteiger charge is -2.21. The molecule has 3 N–H and O–H groups in total. The number of rotatable bonds is 6. The number of hydrogen-bond donors (Lipinski definition) is 3. The predicted molar refractivity (Wildman–Crippen MR) is 79.8 cm³/mol. The maximum absolute atomic E-state index is 12.2. The van der Waals surface area contributed by atoms with Crippen molar-refractivity contribution in [3.63, 3.8) is 0 Å². The van der Waals surface area contributed by atoms with Gasteiger partial charge in [0, 0.05) is 13.1 Å². The Morgan fingerprint density at radius 3 is 2.96 bits per heavy atom. The number of ether oxygens (including phenoxy) is 2. The first kappa shape index (κ1) is 18.0. The number of aromatic nitrogens is 2. The quantitative estimate of drug-likeness (QED) is 0.545. The molecule has 3 unspecified atom stereocenters. The largest absolute Gasteiger partial charge is 0.394 e. The van der Waals surface area contributed by atoms with E-state index in [-0.39, 0.29) is 24.8 Å². The van der Waals surface area contributed by atoms with Gasteiger partial charge in [0.2, 0.25) is 5.91 Å². The Kier molecular flexibility index (Phi) is 5.99. The minimum Gasteiger partial charge on any atom is -0.394 e. The Labute approximate surface area is 137 Å². The third kappa shape index (κ3) is 3.95. The van der Waals surface area contributed by atoms with Crippen molar-refractivity contribution in [3.05, 3.63) is 22.7 Å². The van der Waals surface area contributed by atoms with Crippen molar-refractivity contribution < 1.29 is 24.5 Å². The number of anilines is 1. The highest BCUT2D eigenvalue weighted by Gasteiger charge is 2.45. The molecule has 0 aliphatic carbocycles. The predicted octanol–water partition coefficient (Wildman–Crippen LogP) is -1.25. The van der Waals surface area contributed by atoms with E-state index in [0.717, 1.165) is 4.57 Å². The van der Waals surface area contributed by atoms with Crippen LogP contribution in [0, 0.1) is 11.3 Å². The van der Waals surface area contributed by atoms with Gasteiger partial charge in [-0.25, -0.2) is 4.79 Å². The topological polar surface area (TPSA) is 147 Å². The zero-order valence-corrected chi connectivity index (χ0v) is 13.0. The van der Waals surface area contributed by atoms with Crippen molar-refractivity contribution in [2.75, 3.05) is 18.5 Å². The first-order chi connectivity index (χ1) is 11.5. The Bertz CT molecular complexity index is 685. The second-order valence-corrected chi connectivity index (χ2v) is 5.17. The van der Waals surface area contributed by atoms with Gasteiger partial charge in [0.05, 0.1) is 25.7 Å². The summed E-state index contributed by atoms with van der Waals surface area (Å²) in [6, 6.07) is 3.31. The van der Waals surface area contributed by atoms with Gasteiger partial charge >= 0.3 is 5.69 Å². The molecule has 24 heavy (non-hydrogen) atoms. The number of nitrogens with zero attached hydrogens (tertiary/aromatic N) is 3. The van der Waals surface area contributed by atoms with Crippen molar-refractivity contribution in [2.24, 2.45) is 0 Å². The standard InChI is InChI=1S/C14H18N4O6/c1-8(20)16-10-3-5-18(14(22)17-10)13-12(23-6-2-4-15)11(21)9(7-19)24-13/h3,5,9,11-13,19,21H,2,6-7H2,1H3,(H,16,17,20,22)/t9-,11?,12?,13?/m1/s1. The van der Waals surface area contributed by atoms with E-state index in [1.165, 1.54) is 19.2 Å². The summed E-state index contributed by atoms with van der Waals surface area (Å²) in [5, 5.41) is 30.4. The highest BCUT2D eigenvalue weighted by atomic mass is 16.6. The molecule has 0 saturated carbocycles. The van der Waals surface area contributed by atoms with Crippen molar-refractivity contribution in [3.8, 4) is 6.07 Å². The first-order valence-electron chi connectivity index (χ1n) is 7.27. The first-order valence-corrected chi connectivity index (χ1v) is 7.27. The number of aliphatic hydroxyl groups excluding tert-OH is 2. The van der Waals surface area contributed by atoms with Crippen LogP contribution in [-0.2, 0) is 14.3 Å². The van der Waals surface area contributed by atoms with Crippen LogP contribution in [0.2, 0.25) is 0 Å². The van der Waals surface area contributed by atoms with E-state index in [0.29, 0.717) is 0 Å². The van der Waals surface area contributed by atoms with Gasteiger partial charge in [-0.2, -0.15) is 10.2 Å². The van der Waals surface area contributed by atoms with Crippen LogP contribution in [0.25, 0.3) is 0 Å². The van der Waals surface area contributed by atoms with E-state index < -0.39 is 36.8 Å². The van der Waals surface area contributed by atoms with Gasteiger partial charge in [-0.1, -0.05) is 0 Å². The van der Waals surface area contributed by atoms with E-state index >= 15 is 0 Å². The minimum absolute atomic E-state index is 0.0440. The van der Waals surface area contributed by atoms with Crippen LogP contribution < -0.4 is 11.0 Å². The van der Waals surface area contributed by atoms with Crippen LogP contribution in [0.15, 0.2) is 17.1 Å². The highest BCUT2D eigenvalue weighted by molar-refractivity contribution is 5.87. The van der Waals surface area contributed by atoms with E-state index in [1.807, 2.05) is 6.07 Å². The average molecular weight is 338 g/mol. The monoisotopic (exact) mass is 338 g/mol. The lowest BCUT2D eigenvalue weighted by atomic mass is 10.1. The summed E-state index contributed by atoms with van der Waals surface area (Å²) < 4.78 is 12.0. The van der Waals surface area contributed by atoms with Crippen molar-refractivity contribution in [1.29, 1.82) is 5.26 Å². The molecule has 10 nitrogen and oxygen atoms in total. The lowest BCUT2D eigenvalue weighted by Crippen LogP contribution is -2.38. The summed E-state index contributed by atoms with van der Waals surface area (Å²) in [5.74, 6) is -0.284. The molecule has 1 aliphatic rings. The molecule has 1 aromatic rings. The van der Waals surface area contributed by atoms with Gasteiger partial charge in [-0.15, -0.1) is 0 Å². The van der Waals surface area contributed by atoms with Crippen LogP contribution in [0.3, 0.4) is 0 Å². The number of carbonyl (C=O) groups is 1. The van der Waals surface area contributed by atoms with Crippen molar-refractivity contribution in [2.45, 2.75) is 37.9 Å². The molecule has 1 amide bonds. The van der Waals surface area contributed by atoms with E-state index in [1.54, 1.807) is 0 Å². The van der Waals surface area contributed by atoms with Crippen molar-refractivity contribution in [1.82, 2.24) is 9.55 Å². The third-order valence-electron chi connectivity index (χ3n) is 3.43. The second-order valence-electron chi connectivity index (χ2n) is 5.17. The molecule has 1 fully saturated rings. The zero-order valence-electron chi connectivity index (χ0n) is 13.0. The lowest BCUT2D eigenvalue weighted by molar-refractivity contribution is -0.114. The molecule has 0 radical (unpaired) electrons. The fourth-order valence-electron chi connectivity index (χ4n) is 2.37. The maximum atomic E-state index is 12.2. The Morgan fingerprint density at radius 2 is 2.38 bits per heavy atom. The van der Waals surface area contributed by atoms with Crippen molar-refractivity contribution >= 4 is 11.7 Å². The number of nitrogens with one attached hydrogen (secondary N) is 1. The summed E-state index contributed by atoms with van der Waals surface area (Å²) in [4.78, 5) is 26.9. The SMILES string of the molecule is CC(=O)Nc1ccn(C2O[C@H](CO)C(O)C2OCCC#N)c(=O)n1. The van der Waals surface area contributed by atoms with E-state index in [9.17, 15) is 19.8 Å². The fraction of sp³-hybridized carbons (Fsp3) is 0.571. The Balaban J connectivity index is 2.25. The number of nitriles is 1. The minimum atomic E-state index is -1.17. The number of carbonyl (C=O) groups excluding carboxylic acids is 1. The molecule has 2 heterocycles. The number of hydrogen-bond acceptors (Lipinski definition) is 8. The van der Waals surface area contributed by atoms with Crippen LogP contribution in [0.1, 0.15) is 19.6 Å². The Hall–Kier alpha value is -2.32. The highest BCUT2D eigenvalue weighted by Crippen LogP contribution is 2.30. The molecule has 0 bridgehead atoms. The molecular formula is C14H18N4O6. The summed E-state index contributed by atoms with van der Waals surface area (Å²) in [6.07, 6.45) is -2.60. The van der Waals surface area contributed by atoms with E-state index in [4.69, 9.17) is 14.7 Å². The third-order valence-corrected chi connectivity index (χ3v) is 3.43. The summed E-state index contributed by atoms with van der Waals surface area (Å²) in [5.41, 5.74) is -0.717. The Morgan fingerprint density at radius 1 is 1.62 bits per heavy atom. The van der Waals surface area contributed by atoms with Crippen LogP contribution >= 0.6 is 0 Å². The van der Waals surface area contributed by atoms with Gasteiger partial charge in [-0.05, 0) is 6.07 Å². The molecule has 2 rings (SSSR count).